The minimum atomic E-state index is 0.0686. The van der Waals surface area contributed by atoms with Crippen molar-refractivity contribution in [3.63, 3.8) is 0 Å². The number of hydrogen-bond donors (Lipinski definition) is 2. The van der Waals surface area contributed by atoms with Gasteiger partial charge in [0.2, 0.25) is 0 Å². The lowest BCUT2D eigenvalue weighted by molar-refractivity contribution is 0.287. The van der Waals surface area contributed by atoms with E-state index < -0.39 is 0 Å². The molecule has 0 aliphatic carbocycles. The van der Waals surface area contributed by atoms with Gasteiger partial charge in [-0.1, -0.05) is 29.8 Å². The lowest BCUT2D eigenvalue weighted by Crippen LogP contribution is -2.39. The van der Waals surface area contributed by atoms with Crippen molar-refractivity contribution in [2.45, 2.75) is 26.8 Å². The molecule has 0 unspecified atom stereocenters. The van der Waals surface area contributed by atoms with Crippen LogP contribution in [0.3, 0.4) is 0 Å². The number of para-hydroxylation sites is 1. The number of aryl methyl sites for hydroxylation is 2. The maximum Gasteiger partial charge on any atom is 0.171 e. The van der Waals surface area contributed by atoms with Crippen LogP contribution in [0.25, 0.3) is 0 Å². The molecule has 0 aliphatic heterocycles. The molecule has 0 aromatic heterocycles. The third kappa shape index (κ3) is 5.41. The van der Waals surface area contributed by atoms with E-state index in [0.717, 1.165) is 11.4 Å². The molecule has 3 nitrogen and oxygen atoms in total. The number of rotatable bonds is 5. The molecule has 0 fully saturated rings. The Kier molecular flexibility index (Phi) is 6.25. The van der Waals surface area contributed by atoms with Crippen molar-refractivity contribution in [1.29, 1.82) is 0 Å². The molecule has 23 heavy (non-hydrogen) atoms. The molecule has 0 aliphatic rings. The molecule has 0 saturated carbocycles. The van der Waals surface area contributed by atoms with Gasteiger partial charge < -0.3 is 15.4 Å². The molecule has 2 rings (SSSR count). The molecule has 0 bridgehead atoms. The van der Waals surface area contributed by atoms with Crippen molar-refractivity contribution in [3.8, 4) is 5.75 Å². The Morgan fingerprint density at radius 2 is 1.91 bits per heavy atom. The summed E-state index contributed by atoms with van der Waals surface area (Å²) in [6.07, 6.45) is 0. The first-order valence-electron chi connectivity index (χ1n) is 7.48. The van der Waals surface area contributed by atoms with Crippen molar-refractivity contribution in [2.24, 2.45) is 0 Å². The quantitative estimate of drug-likeness (QED) is 0.766. The van der Waals surface area contributed by atoms with E-state index in [2.05, 4.69) is 30.5 Å². The van der Waals surface area contributed by atoms with Crippen LogP contribution in [-0.2, 0) is 0 Å². The average Bonchev–Trinajstić information content (AvgIpc) is 2.51. The standard InChI is InChI=1S/C18H21ClN2OS/c1-12-8-9-15(10-13(12)2)22-11-14(3)20-18(23)21-17-7-5-4-6-16(17)19/h4-10,14H,11H2,1-3H3,(H2,20,21,23)/t14-/m1/s1. The summed E-state index contributed by atoms with van der Waals surface area (Å²) < 4.78 is 5.80. The van der Waals surface area contributed by atoms with E-state index in [0.29, 0.717) is 16.7 Å². The molecule has 0 radical (unpaired) electrons. The minimum absolute atomic E-state index is 0.0686. The average molecular weight is 349 g/mol. The van der Waals surface area contributed by atoms with Crippen LogP contribution in [0.1, 0.15) is 18.1 Å². The van der Waals surface area contributed by atoms with Gasteiger partial charge in [-0.2, -0.15) is 0 Å². The predicted octanol–water partition coefficient (Wildman–Crippen LogP) is 4.71. The minimum Gasteiger partial charge on any atom is -0.491 e. The summed E-state index contributed by atoms with van der Waals surface area (Å²) in [6.45, 7) is 6.70. The first kappa shape index (κ1) is 17.6. The van der Waals surface area contributed by atoms with Gasteiger partial charge in [0.15, 0.2) is 5.11 Å². The number of nitrogens with one attached hydrogen (secondary N) is 2. The zero-order chi connectivity index (χ0) is 16.8. The van der Waals surface area contributed by atoms with Gasteiger partial charge in [-0.05, 0) is 68.4 Å². The highest BCUT2D eigenvalue weighted by Gasteiger charge is 2.07. The summed E-state index contributed by atoms with van der Waals surface area (Å²) in [4.78, 5) is 0. The van der Waals surface area contributed by atoms with Crippen molar-refractivity contribution in [3.05, 3.63) is 58.6 Å². The maximum atomic E-state index is 6.10. The molecule has 2 aromatic rings. The van der Waals surface area contributed by atoms with E-state index >= 15 is 0 Å². The Morgan fingerprint density at radius 3 is 2.61 bits per heavy atom. The second-order valence-corrected chi connectivity index (χ2v) is 6.35. The van der Waals surface area contributed by atoms with Crippen molar-refractivity contribution < 1.29 is 4.74 Å². The fourth-order valence-corrected chi connectivity index (χ4v) is 2.51. The molecule has 2 aromatic carbocycles. The molecule has 0 heterocycles. The number of halogens is 1. The summed E-state index contributed by atoms with van der Waals surface area (Å²) in [7, 11) is 0. The van der Waals surface area contributed by atoms with Crippen LogP contribution >= 0.6 is 23.8 Å². The molecule has 2 N–H and O–H groups in total. The molecular weight excluding hydrogens is 328 g/mol. The summed E-state index contributed by atoms with van der Waals surface area (Å²) in [6, 6.07) is 13.6. The third-order valence-corrected chi connectivity index (χ3v) is 4.03. The first-order chi connectivity index (χ1) is 11.0. The van der Waals surface area contributed by atoms with Crippen molar-refractivity contribution in [2.75, 3.05) is 11.9 Å². The Morgan fingerprint density at radius 1 is 1.17 bits per heavy atom. The van der Waals surface area contributed by atoms with E-state index in [1.54, 1.807) is 0 Å². The topological polar surface area (TPSA) is 33.3 Å². The van der Waals surface area contributed by atoms with Gasteiger partial charge in [-0.25, -0.2) is 0 Å². The summed E-state index contributed by atoms with van der Waals surface area (Å²) in [5, 5.41) is 7.43. The molecule has 5 heteroatoms. The van der Waals surface area contributed by atoms with Crippen LogP contribution in [-0.4, -0.2) is 17.8 Å². The van der Waals surface area contributed by atoms with Crippen molar-refractivity contribution in [1.82, 2.24) is 5.32 Å². The highest BCUT2D eigenvalue weighted by atomic mass is 35.5. The summed E-state index contributed by atoms with van der Waals surface area (Å²) in [5.41, 5.74) is 3.27. The van der Waals surface area contributed by atoms with Gasteiger partial charge in [0, 0.05) is 0 Å². The second-order valence-electron chi connectivity index (χ2n) is 5.54. The molecule has 0 amide bonds. The number of anilines is 1. The second kappa shape index (κ2) is 8.18. The van der Waals surface area contributed by atoms with Gasteiger partial charge in [0.25, 0.3) is 0 Å². The molecule has 1 atom stereocenters. The Labute approximate surface area is 148 Å². The van der Waals surface area contributed by atoms with Crippen molar-refractivity contribution >= 4 is 34.6 Å². The normalized spacial score (nSPS) is 11.7. The van der Waals surface area contributed by atoms with Crippen LogP contribution in [0.5, 0.6) is 5.75 Å². The van der Waals surface area contributed by atoms with E-state index in [1.807, 2.05) is 43.3 Å². The molecular formula is C18H21ClN2OS. The Balaban J connectivity index is 1.82. The predicted molar refractivity (Wildman–Crippen MR) is 102 cm³/mol. The zero-order valence-corrected chi connectivity index (χ0v) is 15.1. The number of thiocarbonyl (C=S) groups is 1. The van der Waals surface area contributed by atoms with E-state index in [4.69, 9.17) is 28.6 Å². The lowest BCUT2D eigenvalue weighted by atomic mass is 10.1. The Bertz CT molecular complexity index is 690. The van der Waals surface area contributed by atoms with Gasteiger partial charge in [-0.15, -0.1) is 0 Å². The maximum absolute atomic E-state index is 6.10. The summed E-state index contributed by atoms with van der Waals surface area (Å²) in [5.74, 6) is 0.867. The SMILES string of the molecule is Cc1ccc(OC[C@@H](C)NC(=S)Nc2ccccc2Cl)cc1C. The highest BCUT2D eigenvalue weighted by molar-refractivity contribution is 7.80. The fourth-order valence-electron chi connectivity index (χ4n) is 2.01. The van der Waals surface area contributed by atoms with Crippen LogP contribution < -0.4 is 15.4 Å². The zero-order valence-electron chi connectivity index (χ0n) is 13.5. The molecule has 0 saturated heterocycles. The number of ether oxygens (including phenoxy) is 1. The number of hydrogen-bond acceptors (Lipinski definition) is 2. The third-order valence-electron chi connectivity index (χ3n) is 3.48. The lowest BCUT2D eigenvalue weighted by Gasteiger charge is -2.18. The fraction of sp³-hybridized carbons (Fsp3) is 0.278. The first-order valence-corrected chi connectivity index (χ1v) is 8.26. The van der Waals surface area contributed by atoms with Gasteiger partial charge in [0.1, 0.15) is 12.4 Å². The van der Waals surface area contributed by atoms with E-state index in [-0.39, 0.29) is 6.04 Å². The van der Waals surface area contributed by atoms with Crippen LogP contribution in [0.4, 0.5) is 5.69 Å². The molecule has 0 spiro atoms. The van der Waals surface area contributed by atoms with E-state index in [1.165, 1.54) is 11.1 Å². The van der Waals surface area contributed by atoms with E-state index in [9.17, 15) is 0 Å². The monoisotopic (exact) mass is 348 g/mol. The van der Waals surface area contributed by atoms with Gasteiger partial charge in [-0.3, -0.25) is 0 Å². The number of benzene rings is 2. The van der Waals surface area contributed by atoms with Crippen LogP contribution in [0.15, 0.2) is 42.5 Å². The Hall–Kier alpha value is -1.78. The highest BCUT2D eigenvalue weighted by Crippen LogP contribution is 2.20. The smallest absolute Gasteiger partial charge is 0.171 e. The van der Waals surface area contributed by atoms with Crippen LogP contribution in [0.2, 0.25) is 5.02 Å². The molecule has 122 valence electrons. The largest absolute Gasteiger partial charge is 0.491 e. The van der Waals surface area contributed by atoms with Gasteiger partial charge in [0.05, 0.1) is 16.8 Å². The van der Waals surface area contributed by atoms with Crippen LogP contribution in [0, 0.1) is 13.8 Å². The van der Waals surface area contributed by atoms with Gasteiger partial charge >= 0.3 is 0 Å². The summed E-state index contributed by atoms with van der Waals surface area (Å²) >= 11 is 11.4.